The molecule has 1 aromatic rings. The number of hydrogen-bond acceptors (Lipinski definition) is 6. The minimum atomic E-state index is -0.903. The SMILES string of the molecule is COc1ccc(C(=O)NCC2(O)CCNC2)c(OC)c1OC. The fraction of sp³-hybridized carbons (Fsp3) is 0.533. The van der Waals surface area contributed by atoms with Crippen molar-refractivity contribution >= 4 is 5.91 Å². The summed E-state index contributed by atoms with van der Waals surface area (Å²) in [5, 5.41) is 16.1. The van der Waals surface area contributed by atoms with Crippen molar-refractivity contribution < 1.29 is 24.1 Å². The molecule has 0 bridgehead atoms. The highest BCUT2D eigenvalue weighted by molar-refractivity contribution is 5.98. The van der Waals surface area contributed by atoms with Crippen LogP contribution in [-0.4, -0.2) is 57.6 Å². The third kappa shape index (κ3) is 3.26. The van der Waals surface area contributed by atoms with Crippen LogP contribution in [0.25, 0.3) is 0 Å². The quantitative estimate of drug-likeness (QED) is 0.694. The van der Waals surface area contributed by atoms with E-state index < -0.39 is 5.60 Å². The van der Waals surface area contributed by atoms with Gasteiger partial charge in [0.1, 0.15) is 0 Å². The molecular formula is C15H22N2O5. The van der Waals surface area contributed by atoms with E-state index in [-0.39, 0.29) is 12.5 Å². The molecule has 3 N–H and O–H groups in total. The Morgan fingerprint density at radius 2 is 2.00 bits per heavy atom. The Morgan fingerprint density at radius 3 is 2.55 bits per heavy atom. The van der Waals surface area contributed by atoms with E-state index in [1.54, 1.807) is 12.1 Å². The normalized spacial score (nSPS) is 20.5. The largest absolute Gasteiger partial charge is 0.493 e. The molecule has 1 atom stereocenters. The number of methoxy groups -OCH3 is 3. The molecule has 1 fully saturated rings. The molecular weight excluding hydrogens is 288 g/mol. The second-order valence-electron chi connectivity index (χ2n) is 5.22. The van der Waals surface area contributed by atoms with E-state index in [1.165, 1.54) is 21.3 Å². The van der Waals surface area contributed by atoms with Crippen molar-refractivity contribution in [2.45, 2.75) is 12.0 Å². The summed E-state index contributed by atoms with van der Waals surface area (Å²) in [6, 6.07) is 3.24. The van der Waals surface area contributed by atoms with E-state index in [2.05, 4.69) is 10.6 Å². The second kappa shape index (κ2) is 6.85. The molecule has 1 unspecified atom stereocenters. The molecule has 0 spiro atoms. The maximum atomic E-state index is 12.4. The van der Waals surface area contributed by atoms with Crippen LogP contribution in [-0.2, 0) is 0 Å². The molecule has 1 heterocycles. The van der Waals surface area contributed by atoms with E-state index in [1.807, 2.05) is 0 Å². The molecule has 0 saturated carbocycles. The average molecular weight is 310 g/mol. The predicted molar refractivity (Wildman–Crippen MR) is 80.9 cm³/mol. The highest BCUT2D eigenvalue weighted by atomic mass is 16.5. The van der Waals surface area contributed by atoms with Crippen molar-refractivity contribution in [3.63, 3.8) is 0 Å². The van der Waals surface area contributed by atoms with E-state index >= 15 is 0 Å². The summed E-state index contributed by atoms with van der Waals surface area (Å²) in [6.07, 6.45) is 0.607. The van der Waals surface area contributed by atoms with E-state index in [9.17, 15) is 9.90 Å². The molecule has 1 aliphatic heterocycles. The van der Waals surface area contributed by atoms with Gasteiger partial charge in [0.15, 0.2) is 11.5 Å². The van der Waals surface area contributed by atoms with Crippen LogP contribution in [0.4, 0.5) is 0 Å². The molecule has 2 rings (SSSR count). The van der Waals surface area contributed by atoms with Gasteiger partial charge in [0.25, 0.3) is 5.91 Å². The third-order valence-corrected chi connectivity index (χ3v) is 3.75. The Bertz CT molecular complexity index is 541. The molecule has 0 aromatic heterocycles. The van der Waals surface area contributed by atoms with Crippen LogP contribution in [0, 0.1) is 0 Å². The Kier molecular flexibility index (Phi) is 5.10. The summed E-state index contributed by atoms with van der Waals surface area (Å²) < 4.78 is 15.7. The van der Waals surface area contributed by atoms with Gasteiger partial charge in [-0.2, -0.15) is 0 Å². The standard InChI is InChI=1S/C15H22N2O5/c1-20-11-5-4-10(12(21-2)13(11)22-3)14(18)17-9-15(19)6-7-16-8-15/h4-5,16,19H,6-9H2,1-3H3,(H,17,18). The number of hydrogen-bond donors (Lipinski definition) is 3. The fourth-order valence-electron chi connectivity index (χ4n) is 2.50. The summed E-state index contributed by atoms with van der Waals surface area (Å²) in [5.74, 6) is 0.808. The van der Waals surface area contributed by atoms with Crippen molar-refractivity contribution in [3.05, 3.63) is 17.7 Å². The molecule has 1 aliphatic rings. The highest BCUT2D eigenvalue weighted by Crippen LogP contribution is 2.39. The first-order valence-corrected chi connectivity index (χ1v) is 7.05. The van der Waals surface area contributed by atoms with Gasteiger partial charge in [-0.3, -0.25) is 4.79 Å². The van der Waals surface area contributed by atoms with Crippen molar-refractivity contribution in [1.82, 2.24) is 10.6 Å². The Labute approximate surface area is 129 Å². The van der Waals surface area contributed by atoms with Gasteiger partial charge in [-0.05, 0) is 25.1 Å². The zero-order chi connectivity index (χ0) is 16.2. The van der Waals surface area contributed by atoms with Crippen LogP contribution in [0.5, 0.6) is 17.2 Å². The first-order valence-electron chi connectivity index (χ1n) is 7.05. The summed E-state index contributed by atoms with van der Waals surface area (Å²) in [5.41, 5.74) is -0.575. The summed E-state index contributed by atoms with van der Waals surface area (Å²) in [7, 11) is 4.46. The van der Waals surface area contributed by atoms with Gasteiger partial charge in [0.05, 0.1) is 32.5 Å². The lowest BCUT2D eigenvalue weighted by Crippen LogP contribution is -2.44. The first kappa shape index (κ1) is 16.4. The number of carbonyl (C=O) groups excluding carboxylic acids is 1. The molecule has 7 nitrogen and oxygen atoms in total. The molecule has 7 heteroatoms. The maximum absolute atomic E-state index is 12.4. The first-order chi connectivity index (χ1) is 10.5. The molecule has 122 valence electrons. The van der Waals surface area contributed by atoms with E-state index in [0.717, 1.165) is 6.54 Å². The second-order valence-corrected chi connectivity index (χ2v) is 5.22. The van der Waals surface area contributed by atoms with Crippen LogP contribution in [0.15, 0.2) is 12.1 Å². The number of carbonyl (C=O) groups is 1. The topological polar surface area (TPSA) is 89.1 Å². The van der Waals surface area contributed by atoms with Crippen molar-refractivity contribution in [1.29, 1.82) is 0 Å². The molecule has 22 heavy (non-hydrogen) atoms. The van der Waals surface area contributed by atoms with Crippen LogP contribution in [0.1, 0.15) is 16.8 Å². The molecule has 1 amide bonds. The Morgan fingerprint density at radius 1 is 1.27 bits per heavy atom. The minimum Gasteiger partial charge on any atom is -0.493 e. The van der Waals surface area contributed by atoms with Gasteiger partial charge in [-0.1, -0.05) is 0 Å². The zero-order valence-electron chi connectivity index (χ0n) is 13.1. The van der Waals surface area contributed by atoms with Crippen LogP contribution < -0.4 is 24.8 Å². The van der Waals surface area contributed by atoms with Gasteiger partial charge in [0, 0.05) is 13.1 Å². The average Bonchev–Trinajstić information content (AvgIpc) is 2.98. The van der Waals surface area contributed by atoms with Gasteiger partial charge in [0.2, 0.25) is 5.75 Å². The summed E-state index contributed by atoms with van der Waals surface area (Å²) in [4.78, 5) is 12.4. The smallest absolute Gasteiger partial charge is 0.255 e. The molecule has 0 aliphatic carbocycles. The van der Waals surface area contributed by atoms with Gasteiger partial charge in [-0.15, -0.1) is 0 Å². The third-order valence-electron chi connectivity index (χ3n) is 3.75. The Hall–Kier alpha value is -1.99. The number of ether oxygens (including phenoxy) is 3. The monoisotopic (exact) mass is 310 g/mol. The number of β-amino-alcohol motifs (C(OH)–C–C–N with tert-alkyl or cyclic N) is 1. The Balaban J connectivity index is 2.18. The van der Waals surface area contributed by atoms with Crippen molar-refractivity contribution in [3.8, 4) is 17.2 Å². The van der Waals surface area contributed by atoms with E-state index in [0.29, 0.717) is 35.8 Å². The van der Waals surface area contributed by atoms with Crippen molar-refractivity contribution in [2.24, 2.45) is 0 Å². The van der Waals surface area contributed by atoms with Crippen LogP contribution >= 0.6 is 0 Å². The number of aliphatic hydroxyl groups is 1. The van der Waals surface area contributed by atoms with Gasteiger partial charge >= 0.3 is 0 Å². The number of benzene rings is 1. The number of rotatable bonds is 6. The van der Waals surface area contributed by atoms with Crippen LogP contribution in [0.2, 0.25) is 0 Å². The van der Waals surface area contributed by atoms with Crippen LogP contribution in [0.3, 0.4) is 0 Å². The van der Waals surface area contributed by atoms with Gasteiger partial charge < -0.3 is 30.0 Å². The lowest BCUT2D eigenvalue weighted by Gasteiger charge is -2.22. The summed E-state index contributed by atoms with van der Waals surface area (Å²) in [6.45, 7) is 1.39. The maximum Gasteiger partial charge on any atom is 0.255 e. The molecule has 1 aromatic carbocycles. The zero-order valence-corrected chi connectivity index (χ0v) is 13.1. The lowest BCUT2D eigenvalue weighted by molar-refractivity contribution is 0.0560. The number of nitrogens with one attached hydrogen (secondary N) is 2. The minimum absolute atomic E-state index is 0.177. The fourth-order valence-corrected chi connectivity index (χ4v) is 2.50. The molecule has 0 radical (unpaired) electrons. The van der Waals surface area contributed by atoms with Crippen molar-refractivity contribution in [2.75, 3.05) is 41.0 Å². The van der Waals surface area contributed by atoms with Gasteiger partial charge in [-0.25, -0.2) is 0 Å². The highest BCUT2D eigenvalue weighted by Gasteiger charge is 2.32. The number of amides is 1. The molecule has 1 saturated heterocycles. The predicted octanol–water partition coefficient (Wildman–Crippen LogP) is 0.167. The summed E-state index contributed by atoms with van der Waals surface area (Å²) >= 11 is 0. The van der Waals surface area contributed by atoms with E-state index in [4.69, 9.17) is 14.2 Å². The lowest BCUT2D eigenvalue weighted by atomic mass is 10.0.